The predicted octanol–water partition coefficient (Wildman–Crippen LogP) is 18.3. The highest BCUT2D eigenvalue weighted by molar-refractivity contribution is 7.27. The fourth-order valence-corrected chi connectivity index (χ4v) is 16.2. The summed E-state index contributed by atoms with van der Waals surface area (Å²) in [6.45, 7) is 0. The average Bonchev–Trinajstić information content (AvgIpc) is 4.52. The molecule has 6 nitrogen and oxygen atoms in total. The van der Waals surface area contributed by atoms with Gasteiger partial charge in [-0.15, -0.1) is 22.7 Å². The summed E-state index contributed by atoms with van der Waals surface area (Å²) in [5, 5.41) is 27.0. The zero-order chi connectivity index (χ0) is 49.1. The Kier molecular flexibility index (Phi) is 7.59. The van der Waals surface area contributed by atoms with Crippen molar-refractivity contribution in [1.82, 2.24) is 8.80 Å². The maximum absolute atomic E-state index is 5.41. The molecule has 0 fully saturated rings. The van der Waals surface area contributed by atoms with Gasteiger partial charge in [0.1, 0.15) is 17.3 Å². The van der Waals surface area contributed by atoms with Crippen molar-refractivity contribution < 1.29 is 0 Å². The normalized spacial score (nSPS) is 17.8. The Labute approximate surface area is 441 Å². The second kappa shape index (κ2) is 14.3. The average molecular weight is 1010 g/mol. The van der Waals surface area contributed by atoms with E-state index in [0.717, 1.165) is 23.0 Å². The molecule has 3 atom stereocenters. The van der Waals surface area contributed by atoms with E-state index in [1.165, 1.54) is 145 Å². The minimum atomic E-state index is 0.0297. The SMILES string of the molecule is C1=CC2=Nc3c(n4c5c3cc(-c3ccc6ccc(-c7cccc(-c8ccc9sc%10c(ccc%11c%12cccc%13c%14c(n(c%13%12)c%11%10)NC%10C=CC=CC%10N%14)c9c8)c7)cc6c3)cc5c3ccc5c6ccccc6sc5c34)NC2C=C1. The predicted molar refractivity (Wildman–Crippen MR) is 326 cm³/mol. The van der Waals surface area contributed by atoms with E-state index in [2.05, 4.69) is 231 Å². The minimum Gasteiger partial charge on any atom is -0.373 e. The fraction of sp³-hybridized carbons (Fsp3) is 0.0441. The van der Waals surface area contributed by atoms with Gasteiger partial charge in [-0.25, -0.2) is 4.99 Å². The van der Waals surface area contributed by atoms with Gasteiger partial charge < -0.3 is 16.0 Å². The third-order valence-corrected chi connectivity index (χ3v) is 19.6. The standard InChI is InChI=1S/C68H40N6S2/c1-6-18-57-43(11-1)47-26-25-46-51-33-42(34-52-60-68(72-56-17-5-3-15-54(56)70-60)74(62(51)52)64(46)65(47)75-57)39-22-20-35-19-21-38(30-41(35)31-39)36-9-7-10-37(29-36)40-23-28-58-50(32-40)48-27-24-45-44-12-8-13-49-59-67(71-55-16-4-2-14-53(55)69-59)73(61(44)49)63(45)66(48)76-58/h1-34,53,55-56,69,71-72H. The molecule has 2 aliphatic heterocycles. The molecule has 3 unspecified atom stereocenters. The molecule has 15 aromatic rings. The van der Waals surface area contributed by atoms with Crippen LogP contribution in [0.4, 0.5) is 23.0 Å². The van der Waals surface area contributed by atoms with Crippen molar-refractivity contribution in [2.75, 3.05) is 16.0 Å². The smallest absolute Gasteiger partial charge is 0.139 e. The maximum Gasteiger partial charge on any atom is 0.139 e. The molecule has 354 valence electrons. The van der Waals surface area contributed by atoms with Crippen molar-refractivity contribution in [3.8, 4) is 33.4 Å². The van der Waals surface area contributed by atoms with Gasteiger partial charge in [-0.2, -0.15) is 0 Å². The van der Waals surface area contributed by atoms with Crippen molar-refractivity contribution in [3.63, 3.8) is 0 Å². The number of nitrogens with one attached hydrogen (secondary N) is 3. The minimum absolute atomic E-state index is 0.0297. The first-order valence-electron chi connectivity index (χ1n) is 26.2. The summed E-state index contributed by atoms with van der Waals surface area (Å²) in [5.41, 5.74) is 15.5. The third kappa shape index (κ3) is 5.22. The van der Waals surface area contributed by atoms with Crippen molar-refractivity contribution >= 4 is 157 Å². The van der Waals surface area contributed by atoms with Crippen LogP contribution in [0, 0.1) is 0 Å². The van der Waals surface area contributed by atoms with Crippen LogP contribution in [0.1, 0.15) is 0 Å². The Morgan fingerprint density at radius 3 is 1.82 bits per heavy atom. The van der Waals surface area contributed by atoms with E-state index in [1.54, 1.807) is 0 Å². The number of aliphatic imine (C=N–C) groups is 1. The largest absolute Gasteiger partial charge is 0.373 e. The van der Waals surface area contributed by atoms with E-state index < -0.39 is 0 Å². The van der Waals surface area contributed by atoms with Crippen molar-refractivity contribution in [1.29, 1.82) is 0 Å². The zero-order valence-electron chi connectivity index (χ0n) is 40.5. The first-order valence-corrected chi connectivity index (χ1v) is 27.8. The van der Waals surface area contributed by atoms with Crippen LogP contribution in [0.3, 0.4) is 0 Å². The second-order valence-corrected chi connectivity index (χ2v) is 23.3. The summed E-state index contributed by atoms with van der Waals surface area (Å²) in [6.07, 6.45) is 17.4. The number of benzene rings is 9. The molecule has 0 amide bonds. The van der Waals surface area contributed by atoms with Crippen molar-refractivity contribution in [2.24, 2.45) is 4.99 Å². The number of fused-ring (bicyclic) bond motifs is 23. The fourth-order valence-electron chi connectivity index (χ4n) is 13.7. The van der Waals surface area contributed by atoms with Gasteiger partial charge in [0.25, 0.3) is 0 Å². The summed E-state index contributed by atoms with van der Waals surface area (Å²) < 4.78 is 10.2. The van der Waals surface area contributed by atoms with Crippen LogP contribution < -0.4 is 16.0 Å². The molecule has 0 radical (unpaired) electrons. The number of anilines is 3. The lowest BCUT2D eigenvalue weighted by Crippen LogP contribution is -2.41. The Balaban J connectivity index is 0.724. The van der Waals surface area contributed by atoms with E-state index in [0.29, 0.717) is 0 Å². The molecule has 4 aliphatic rings. The summed E-state index contributed by atoms with van der Waals surface area (Å²) in [5.74, 6) is 2.22. The molecule has 8 heterocycles. The number of para-hydroxylation sites is 1. The molecule has 3 N–H and O–H groups in total. The first-order chi connectivity index (χ1) is 37.6. The molecular formula is C68H40N6S2. The molecular weight excluding hydrogens is 965 g/mol. The number of hydrogen-bond acceptors (Lipinski definition) is 6. The Morgan fingerprint density at radius 1 is 0.382 bits per heavy atom. The van der Waals surface area contributed by atoms with Crippen LogP contribution in [0.15, 0.2) is 211 Å². The molecule has 0 saturated heterocycles. The summed E-state index contributed by atoms with van der Waals surface area (Å²) in [4.78, 5) is 5.41. The molecule has 0 bridgehead atoms. The first kappa shape index (κ1) is 40.2. The van der Waals surface area contributed by atoms with E-state index in [9.17, 15) is 0 Å². The number of aromatic nitrogens is 2. The van der Waals surface area contributed by atoms with Gasteiger partial charge >= 0.3 is 0 Å². The number of rotatable bonds is 3. The monoisotopic (exact) mass is 1000 g/mol. The van der Waals surface area contributed by atoms with E-state index in [-0.39, 0.29) is 18.1 Å². The molecule has 0 spiro atoms. The van der Waals surface area contributed by atoms with Gasteiger partial charge in [-0.05, 0) is 98.8 Å². The Hall–Kier alpha value is -9.21. The topological polar surface area (TPSA) is 57.3 Å². The Morgan fingerprint density at radius 2 is 0.974 bits per heavy atom. The lowest BCUT2D eigenvalue weighted by atomic mass is 9.94. The molecule has 9 aromatic carbocycles. The van der Waals surface area contributed by atoms with Gasteiger partial charge in [0.15, 0.2) is 0 Å². The summed E-state index contributed by atoms with van der Waals surface area (Å²) >= 11 is 3.80. The molecule has 6 aromatic heterocycles. The maximum atomic E-state index is 5.41. The molecule has 0 saturated carbocycles. The van der Waals surface area contributed by atoms with Gasteiger partial charge in [-0.3, -0.25) is 8.80 Å². The highest BCUT2D eigenvalue weighted by atomic mass is 32.1. The highest BCUT2D eigenvalue weighted by Crippen LogP contribution is 2.53. The summed E-state index contributed by atoms with van der Waals surface area (Å²) in [6, 6.07) is 60.3. The van der Waals surface area contributed by atoms with Crippen LogP contribution in [-0.2, 0) is 0 Å². The van der Waals surface area contributed by atoms with Crippen LogP contribution >= 0.6 is 22.7 Å². The van der Waals surface area contributed by atoms with Gasteiger partial charge in [0, 0.05) is 63.3 Å². The molecule has 76 heavy (non-hydrogen) atoms. The van der Waals surface area contributed by atoms with Crippen molar-refractivity contribution in [2.45, 2.75) is 18.1 Å². The van der Waals surface area contributed by atoms with E-state index in [1.807, 2.05) is 22.7 Å². The number of allylic oxidation sites excluding steroid dienone is 4. The summed E-state index contributed by atoms with van der Waals surface area (Å²) in [7, 11) is 0. The van der Waals surface area contributed by atoms with Crippen molar-refractivity contribution in [3.05, 3.63) is 206 Å². The van der Waals surface area contributed by atoms with Crippen LogP contribution in [-0.4, -0.2) is 32.6 Å². The second-order valence-electron chi connectivity index (χ2n) is 21.2. The third-order valence-electron chi connectivity index (χ3n) is 17.2. The van der Waals surface area contributed by atoms with Gasteiger partial charge in [0.2, 0.25) is 0 Å². The number of nitrogens with zero attached hydrogens (tertiary/aromatic N) is 3. The van der Waals surface area contributed by atoms with E-state index >= 15 is 0 Å². The molecule has 19 rings (SSSR count). The van der Waals surface area contributed by atoms with Gasteiger partial charge in [0.05, 0.1) is 61.0 Å². The van der Waals surface area contributed by atoms with Gasteiger partial charge in [-0.1, -0.05) is 152 Å². The Bertz CT molecular complexity index is 5300. The number of hydrogen-bond donors (Lipinski definition) is 3. The lowest BCUT2D eigenvalue weighted by Gasteiger charge is -2.33. The molecule has 2 aliphatic carbocycles. The quantitative estimate of drug-likeness (QED) is 0.165. The van der Waals surface area contributed by atoms with Crippen LogP contribution in [0.5, 0.6) is 0 Å². The lowest BCUT2D eigenvalue weighted by molar-refractivity contribution is 0.760. The van der Waals surface area contributed by atoms with Crippen LogP contribution in [0.2, 0.25) is 0 Å². The number of thiophene rings is 2. The van der Waals surface area contributed by atoms with Crippen LogP contribution in [0.25, 0.3) is 139 Å². The molecule has 8 heteroatoms. The highest BCUT2D eigenvalue weighted by Gasteiger charge is 2.33. The van der Waals surface area contributed by atoms with E-state index in [4.69, 9.17) is 4.99 Å². The zero-order valence-corrected chi connectivity index (χ0v) is 42.2.